The van der Waals surface area contributed by atoms with Gasteiger partial charge in [0.15, 0.2) is 5.82 Å². The molecule has 128 valence electrons. The van der Waals surface area contributed by atoms with E-state index >= 15 is 0 Å². The molecular weight excluding hydrogens is 339 g/mol. The van der Waals surface area contributed by atoms with E-state index in [0.29, 0.717) is 18.1 Å². The van der Waals surface area contributed by atoms with E-state index in [1.807, 2.05) is 22.4 Å². The number of nitrogens with one attached hydrogen (secondary N) is 1. The summed E-state index contributed by atoms with van der Waals surface area (Å²) in [7, 11) is 0. The minimum atomic E-state index is -0.291. The van der Waals surface area contributed by atoms with Crippen molar-refractivity contribution < 1.29 is 9.18 Å². The number of carbonyl (C=O) groups excluding carboxylic acids is 1. The van der Waals surface area contributed by atoms with Crippen LogP contribution in [0.1, 0.15) is 29.6 Å². The molecule has 0 radical (unpaired) electrons. The predicted octanol–water partition coefficient (Wildman–Crippen LogP) is 3.58. The number of benzene rings is 1. The van der Waals surface area contributed by atoms with E-state index in [2.05, 4.69) is 15.2 Å². The maximum Gasteiger partial charge on any atom is 0.228 e. The van der Waals surface area contributed by atoms with Crippen molar-refractivity contribution in [3.8, 4) is 11.4 Å². The fourth-order valence-corrected chi connectivity index (χ4v) is 3.86. The molecule has 0 spiro atoms. The van der Waals surface area contributed by atoms with Gasteiger partial charge in [-0.2, -0.15) is 5.10 Å². The fraction of sp³-hybridized carbons (Fsp3) is 0.278. The van der Waals surface area contributed by atoms with Crippen LogP contribution in [0.3, 0.4) is 0 Å². The quantitative estimate of drug-likeness (QED) is 0.777. The van der Waals surface area contributed by atoms with Gasteiger partial charge in [-0.25, -0.2) is 9.37 Å². The van der Waals surface area contributed by atoms with Crippen LogP contribution < -0.4 is 0 Å². The zero-order valence-corrected chi connectivity index (χ0v) is 14.3. The van der Waals surface area contributed by atoms with Crippen LogP contribution in [0.15, 0.2) is 41.8 Å². The molecule has 1 saturated heterocycles. The Hall–Kier alpha value is -2.54. The summed E-state index contributed by atoms with van der Waals surface area (Å²) in [5.74, 6) is 1.04. The van der Waals surface area contributed by atoms with Crippen LogP contribution in [-0.2, 0) is 11.2 Å². The second kappa shape index (κ2) is 6.76. The van der Waals surface area contributed by atoms with E-state index in [-0.39, 0.29) is 17.8 Å². The van der Waals surface area contributed by atoms with Crippen molar-refractivity contribution in [1.82, 2.24) is 20.1 Å². The van der Waals surface area contributed by atoms with Gasteiger partial charge >= 0.3 is 0 Å². The third-order valence-corrected chi connectivity index (χ3v) is 5.28. The molecule has 1 unspecified atom stereocenters. The second-order valence-corrected chi connectivity index (χ2v) is 7.08. The summed E-state index contributed by atoms with van der Waals surface area (Å²) in [5, 5.41) is 9.18. The Bertz CT molecular complexity index is 860. The molecule has 0 bridgehead atoms. The summed E-state index contributed by atoms with van der Waals surface area (Å²) < 4.78 is 13.1. The number of rotatable bonds is 4. The number of halogens is 1. The van der Waals surface area contributed by atoms with Crippen molar-refractivity contribution in [1.29, 1.82) is 0 Å². The molecule has 7 heteroatoms. The standard InChI is InChI=1S/C18H17FN4OS/c19-13-7-5-12(6-8-13)17-20-18(22-21-17)15-4-1-9-23(15)16(24)11-14-3-2-10-25-14/h2-3,5-8,10,15H,1,4,9,11H2,(H,20,21,22). The molecule has 1 aromatic carbocycles. The highest BCUT2D eigenvalue weighted by molar-refractivity contribution is 7.10. The smallest absolute Gasteiger partial charge is 0.228 e. The van der Waals surface area contributed by atoms with Crippen LogP contribution >= 0.6 is 11.3 Å². The Balaban J connectivity index is 1.52. The molecule has 1 N–H and O–H groups in total. The van der Waals surface area contributed by atoms with E-state index in [1.165, 1.54) is 12.1 Å². The Morgan fingerprint density at radius 1 is 1.32 bits per heavy atom. The molecule has 0 saturated carbocycles. The second-order valence-electron chi connectivity index (χ2n) is 6.05. The summed E-state index contributed by atoms with van der Waals surface area (Å²) >= 11 is 1.60. The highest BCUT2D eigenvalue weighted by Crippen LogP contribution is 2.31. The lowest BCUT2D eigenvalue weighted by molar-refractivity contribution is -0.131. The largest absolute Gasteiger partial charge is 0.332 e. The molecule has 5 nitrogen and oxygen atoms in total. The number of thiophene rings is 1. The molecule has 1 atom stereocenters. The van der Waals surface area contributed by atoms with Gasteiger partial charge in [-0.1, -0.05) is 6.07 Å². The van der Waals surface area contributed by atoms with Gasteiger partial charge in [-0.15, -0.1) is 11.3 Å². The normalized spacial score (nSPS) is 17.2. The Labute approximate surface area is 148 Å². The highest BCUT2D eigenvalue weighted by Gasteiger charge is 2.32. The molecule has 1 amide bonds. The third kappa shape index (κ3) is 3.32. The van der Waals surface area contributed by atoms with Gasteiger partial charge in [0, 0.05) is 17.0 Å². The number of carbonyl (C=O) groups is 1. The maximum atomic E-state index is 13.1. The molecule has 1 aliphatic rings. The van der Waals surface area contributed by atoms with Crippen LogP contribution in [0.2, 0.25) is 0 Å². The average molecular weight is 356 g/mol. The Kier molecular flexibility index (Phi) is 4.31. The van der Waals surface area contributed by atoms with Crippen molar-refractivity contribution in [3.05, 3.63) is 58.3 Å². The lowest BCUT2D eigenvalue weighted by Gasteiger charge is -2.22. The number of H-pyrrole nitrogens is 1. The van der Waals surface area contributed by atoms with E-state index in [1.54, 1.807) is 23.5 Å². The SMILES string of the molecule is O=C(Cc1cccs1)N1CCCC1c1nc(-c2ccc(F)cc2)n[nH]1. The predicted molar refractivity (Wildman–Crippen MR) is 93.5 cm³/mol. The van der Waals surface area contributed by atoms with Gasteiger partial charge in [0.1, 0.15) is 11.6 Å². The zero-order valence-electron chi connectivity index (χ0n) is 13.5. The summed E-state index contributed by atoms with van der Waals surface area (Å²) in [6.45, 7) is 0.738. The first kappa shape index (κ1) is 16.0. The van der Waals surface area contributed by atoms with Crippen molar-refractivity contribution >= 4 is 17.2 Å². The molecule has 3 aromatic rings. The van der Waals surface area contributed by atoms with Crippen LogP contribution in [0.4, 0.5) is 4.39 Å². The number of amides is 1. The van der Waals surface area contributed by atoms with Crippen molar-refractivity contribution in [3.63, 3.8) is 0 Å². The number of likely N-dealkylation sites (tertiary alicyclic amines) is 1. The fourth-order valence-electron chi connectivity index (χ4n) is 3.16. The summed E-state index contributed by atoms with van der Waals surface area (Å²) in [4.78, 5) is 20.1. The molecule has 4 rings (SSSR count). The molecule has 1 aliphatic heterocycles. The summed E-state index contributed by atoms with van der Waals surface area (Å²) in [6.07, 6.45) is 2.24. The van der Waals surface area contributed by atoms with Crippen LogP contribution in [0, 0.1) is 5.82 Å². The number of aromatic amines is 1. The van der Waals surface area contributed by atoms with Crippen molar-refractivity contribution in [2.75, 3.05) is 6.54 Å². The Morgan fingerprint density at radius 3 is 2.92 bits per heavy atom. The van der Waals surface area contributed by atoms with E-state index in [9.17, 15) is 9.18 Å². The minimum Gasteiger partial charge on any atom is -0.332 e. The van der Waals surface area contributed by atoms with Crippen molar-refractivity contribution in [2.45, 2.75) is 25.3 Å². The number of nitrogens with zero attached hydrogens (tertiary/aromatic N) is 3. The number of hydrogen-bond donors (Lipinski definition) is 1. The van der Waals surface area contributed by atoms with Crippen LogP contribution in [0.5, 0.6) is 0 Å². The lowest BCUT2D eigenvalue weighted by Crippen LogP contribution is -2.32. The van der Waals surface area contributed by atoms with E-state index in [4.69, 9.17) is 0 Å². The van der Waals surface area contributed by atoms with Gasteiger partial charge in [-0.05, 0) is 48.6 Å². The first-order valence-electron chi connectivity index (χ1n) is 8.21. The van der Waals surface area contributed by atoms with Gasteiger partial charge in [-0.3, -0.25) is 9.89 Å². The molecule has 2 aromatic heterocycles. The Morgan fingerprint density at radius 2 is 2.16 bits per heavy atom. The van der Waals surface area contributed by atoms with Gasteiger partial charge in [0.2, 0.25) is 5.91 Å². The minimum absolute atomic E-state index is 0.0749. The molecule has 25 heavy (non-hydrogen) atoms. The first-order valence-corrected chi connectivity index (χ1v) is 9.09. The lowest BCUT2D eigenvalue weighted by atomic mass is 10.2. The molecule has 0 aliphatic carbocycles. The molecular formula is C18H17FN4OS. The monoisotopic (exact) mass is 356 g/mol. The topological polar surface area (TPSA) is 61.9 Å². The average Bonchev–Trinajstić information content (AvgIpc) is 3.36. The number of hydrogen-bond acceptors (Lipinski definition) is 4. The molecule has 3 heterocycles. The van der Waals surface area contributed by atoms with Gasteiger partial charge < -0.3 is 4.90 Å². The number of aromatic nitrogens is 3. The zero-order chi connectivity index (χ0) is 17.2. The maximum absolute atomic E-state index is 13.1. The molecule has 1 fully saturated rings. The highest BCUT2D eigenvalue weighted by atomic mass is 32.1. The van der Waals surface area contributed by atoms with Gasteiger partial charge in [0.05, 0.1) is 12.5 Å². The van der Waals surface area contributed by atoms with Gasteiger partial charge in [0.25, 0.3) is 0 Å². The van der Waals surface area contributed by atoms with E-state index < -0.39 is 0 Å². The van der Waals surface area contributed by atoms with E-state index in [0.717, 1.165) is 29.8 Å². The van der Waals surface area contributed by atoms with Crippen LogP contribution in [-0.4, -0.2) is 32.5 Å². The summed E-state index contributed by atoms with van der Waals surface area (Å²) in [6, 6.07) is 9.94. The van der Waals surface area contributed by atoms with Crippen LogP contribution in [0.25, 0.3) is 11.4 Å². The first-order chi connectivity index (χ1) is 12.2. The van der Waals surface area contributed by atoms with Crippen molar-refractivity contribution in [2.24, 2.45) is 0 Å². The third-order valence-electron chi connectivity index (χ3n) is 4.40. The summed E-state index contributed by atoms with van der Waals surface area (Å²) in [5.41, 5.74) is 0.748.